The van der Waals surface area contributed by atoms with Crippen LogP contribution < -0.4 is 24.9 Å². The summed E-state index contributed by atoms with van der Waals surface area (Å²) in [6.45, 7) is -0.182. The summed E-state index contributed by atoms with van der Waals surface area (Å²) in [6.07, 6.45) is 3.76. The van der Waals surface area contributed by atoms with Gasteiger partial charge in [0.2, 0.25) is 0 Å². The Morgan fingerprint density at radius 3 is 2.59 bits per heavy atom. The fraction of sp³-hybridized carbons (Fsp3) is 0.0952. The van der Waals surface area contributed by atoms with Crippen LogP contribution in [-0.2, 0) is 17.0 Å². The van der Waals surface area contributed by atoms with Crippen LogP contribution in [0.2, 0.25) is 0 Å². The molecule has 0 aliphatic rings. The maximum absolute atomic E-state index is 14.0. The molecule has 0 saturated carbocycles. The van der Waals surface area contributed by atoms with Crippen molar-refractivity contribution in [3.05, 3.63) is 87.0 Å². The quantitative estimate of drug-likeness (QED) is 0.356. The van der Waals surface area contributed by atoms with Crippen LogP contribution in [0.25, 0.3) is 6.08 Å². The van der Waals surface area contributed by atoms with Crippen LogP contribution in [0, 0.1) is 17.1 Å². The molecule has 13 heteroatoms. The third-order valence-electron chi connectivity index (χ3n) is 4.07. The van der Waals surface area contributed by atoms with Crippen molar-refractivity contribution in [3.63, 3.8) is 0 Å². The molecule has 1 aromatic heterocycles. The summed E-state index contributed by atoms with van der Waals surface area (Å²) in [6, 6.07) is 9.89. The van der Waals surface area contributed by atoms with E-state index in [-0.39, 0.29) is 30.4 Å². The summed E-state index contributed by atoms with van der Waals surface area (Å²) in [7, 11) is -5.32. The number of nitrogens with zero attached hydrogens (tertiary/aromatic N) is 2. The average Bonchev–Trinajstić information content (AvgIpc) is 2.74. The van der Waals surface area contributed by atoms with E-state index < -0.39 is 33.3 Å². The minimum Gasteiger partial charge on any atom is -0.488 e. The first kappa shape index (κ1) is 24.2. The predicted octanol–water partition coefficient (Wildman–Crippen LogP) is 2.68. The van der Waals surface area contributed by atoms with E-state index in [1.54, 1.807) is 6.07 Å². The number of allylic oxidation sites excluding steroid dienone is 1. The maximum Gasteiger partial charge on any atom is 0.488 e. The van der Waals surface area contributed by atoms with Crippen molar-refractivity contribution < 1.29 is 30.4 Å². The van der Waals surface area contributed by atoms with Gasteiger partial charge in [0, 0.05) is 30.5 Å². The highest BCUT2D eigenvalue weighted by Crippen LogP contribution is 2.36. The molecule has 3 rings (SSSR count). The van der Waals surface area contributed by atoms with E-state index in [2.05, 4.69) is 9.17 Å². The van der Waals surface area contributed by atoms with E-state index in [1.165, 1.54) is 30.5 Å². The molecule has 0 saturated heterocycles. The summed E-state index contributed by atoms with van der Waals surface area (Å²) < 4.78 is 65.1. The molecule has 34 heavy (non-hydrogen) atoms. The molecular weight excluding hydrogens is 476 g/mol. The Bertz CT molecular complexity index is 1490. The van der Waals surface area contributed by atoms with Gasteiger partial charge in [-0.05, 0) is 35.9 Å². The van der Waals surface area contributed by atoms with Gasteiger partial charge in [-0.15, -0.1) is 0 Å². The molecule has 1 heterocycles. The van der Waals surface area contributed by atoms with Crippen molar-refractivity contribution in [2.24, 2.45) is 0 Å². The Labute approximate surface area is 191 Å². The van der Waals surface area contributed by atoms with Crippen LogP contribution in [0.15, 0.2) is 64.3 Å². The number of benzene rings is 2. The molecule has 0 atom stereocenters. The summed E-state index contributed by atoms with van der Waals surface area (Å²) in [5, 5.41) is 8.64. The average molecular weight is 491 g/mol. The molecule has 0 fully saturated rings. The first-order valence-corrected chi connectivity index (χ1v) is 10.7. The Morgan fingerprint density at radius 2 is 1.88 bits per heavy atom. The van der Waals surface area contributed by atoms with Crippen LogP contribution >= 0.6 is 0 Å². The number of rotatable bonds is 9. The van der Waals surface area contributed by atoms with Crippen molar-refractivity contribution >= 4 is 16.6 Å². The van der Waals surface area contributed by atoms with Gasteiger partial charge in [-0.3, -0.25) is 14.3 Å². The molecule has 0 unspecified atom stereocenters. The first-order chi connectivity index (χ1) is 16.1. The zero-order valence-corrected chi connectivity index (χ0v) is 17.9. The van der Waals surface area contributed by atoms with Crippen LogP contribution in [0.3, 0.4) is 0 Å². The number of aromatic nitrogens is 2. The zero-order chi connectivity index (χ0) is 24.7. The van der Waals surface area contributed by atoms with Crippen molar-refractivity contribution in [2.75, 3.05) is 6.61 Å². The molecule has 0 aliphatic heterocycles. The third-order valence-corrected chi connectivity index (χ3v) is 4.46. The molecule has 0 spiro atoms. The van der Waals surface area contributed by atoms with E-state index >= 15 is 0 Å². The Morgan fingerprint density at radius 1 is 1.09 bits per heavy atom. The highest BCUT2D eigenvalue weighted by atomic mass is 32.3. The lowest BCUT2D eigenvalue weighted by Crippen LogP contribution is -2.30. The molecule has 10 nitrogen and oxygen atoms in total. The van der Waals surface area contributed by atoms with Crippen LogP contribution in [-0.4, -0.2) is 24.6 Å². The van der Waals surface area contributed by atoms with E-state index in [4.69, 9.17) is 14.7 Å². The summed E-state index contributed by atoms with van der Waals surface area (Å²) in [5.41, 5.74) is -0.917. The number of hydrogen-bond donors (Lipinski definition) is 1. The van der Waals surface area contributed by atoms with Crippen LogP contribution in [0.1, 0.15) is 5.56 Å². The molecular formula is C21H15F2N3O7S. The number of nitriles is 1. The lowest BCUT2D eigenvalue weighted by atomic mass is 10.2. The van der Waals surface area contributed by atoms with Gasteiger partial charge in [0.05, 0.1) is 12.6 Å². The van der Waals surface area contributed by atoms with Gasteiger partial charge in [-0.25, -0.2) is 9.18 Å². The van der Waals surface area contributed by atoms with Gasteiger partial charge < -0.3 is 13.7 Å². The second-order valence-corrected chi connectivity index (χ2v) is 7.47. The smallest absolute Gasteiger partial charge is 0.488 e. The highest BCUT2D eigenvalue weighted by Gasteiger charge is 2.15. The van der Waals surface area contributed by atoms with Gasteiger partial charge in [-0.1, -0.05) is 3.89 Å². The second kappa shape index (κ2) is 10.5. The van der Waals surface area contributed by atoms with Gasteiger partial charge in [0.25, 0.3) is 5.56 Å². The van der Waals surface area contributed by atoms with Crippen molar-refractivity contribution in [2.45, 2.75) is 6.54 Å². The lowest BCUT2D eigenvalue weighted by Gasteiger charge is -2.14. The molecule has 176 valence electrons. The minimum atomic E-state index is -5.32. The largest absolute Gasteiger partial charge is 0.488 e. The monoisotopic (exact) mass is 491 g/mol. The topological polar surface area (TPSA) is 140 Å². The van der Waals surface area contributed by atoms with E-state index in [0.29, 0.717) is 5.56 Å². The fourth-order valence-electron chi connectivity index (χ4n) is 2.73. The molecule has 0 bridgehead atoms. The van der Waals surface area contributed by atoms with Gasteiger partial charge in [0.15, 0.2) is 11.5 Å². The van der Waals surface area contributed by atoms with Crippen LogP contribution in [0.5, 0.6) is 23.0 Å². The normalized spacial score (nSPS) is 11.2. The summed E-state index contributed by atoms with van der Waals surface area (Å²) in [4.78, 5) is 25.0. The fourth-order valence-corrected chi connectivity index (χ4v) is 3.06. The molecule has 1 N–H and O–H groups in total. The first-order valence-electron chi connectivity index (χ1n) is 9.38. The number of aromatic amines is 1. The Kier molecular flexibility index (Phi) is 7.44. The second-order valence-electron chi connectivity index (χ2n) is 6.52. The van der Waals surface area contributed by atoms with E-state index in [9.17, 15) is 26.3 Å². The van der Waals surface area contributed by atoms with Gasteiger partial charge in [-0.2, -0.15) is 13.7 Å². The number of hydrogen-bond acceptors (Lipinski definition) is 8. The molecule has 2 aromatic carbocycles. The highest BCUT2D eigenvalue weighted by molar-refractivity contribution is 7.81. The molecule has 0 amide bonds. The standard InChI is InChI=1S/C21H15F2N3O7S/c22-15-10-14(2-1-6-24)11-17(12-15)32-18-4-3-16(33-34(23,29)30)13-19(18)31-9-8-26-7-5-20(27)25-21(26)28/h1-5,7,10-13H,8-9H2,(H,25,27,28). The van der Waals surface area contributed by atoms with E-state index in [1.807, 2.05) is 0 Å². The number of H-pyrrole nitrogens is 1. The third kappa shape index (κ3) is 7.04. The van der Waals surface area contributed by atoms with E-state index in [0.717, 1.165) is 34.9 Å². The van der Waals surface area contributed by atoms with Crippen molar-refractivity contribution in [1.82, 2.24) is 9.55 Å². The SMILES string of the molecule is N#CC=Cc1cc(F)cc(Oc2ccc(OS(=O)(=O)F)cc2OCCn2ccc(=O)[nH]c2=O)c1. The Hall–Kier alpha value is -4.44. The van der Waals surface area contributed by atoms with Crippen molar-refractivity contribution in [1.29, 1.82) is 5.26 Å². The molecule has 0 aliphatic carbocycles. The number of halogens is 2. The molecule has 3 aromatic rings. The maximum atomic E-state index is 14.0. The van der Waals surface area contributed by atoms with Crippen LogP contribution in [0.4, 0.5) is 8.28 Å². The zero-order valence-electron chi connectivity index (χ0n) is 17.1. The Balaban J connectivity index is 1.88. The lowest BCUT2D eigenvalue weighted by molar-refractivity contribution is 0.282. The minimum absolute atomic E-state index is 0.0155. The van der Waals surface area contributed by atoms with Gasteiger partial charge >= 0.3 is 16.2 Å². The number of nitrogens with one attached hydrogen (secondary N) is 1. The summed E-state index contributed by atoms with van der Waals surface area (Å²) in [5.74, 6) is -1.19. The number of ether oxygens (including phenoxy) is 2. The van der Waals surface area contributed by atoms with Crippen molar-refractivity contribution in [3.8, 4) is 29.1 Å². The van der Waals surface area contributed by atoms with Gasteiger partial charge in [0.1, 0.15) is 23.9 Å². The summed E-state index contributed by atoms with van der Waals surface area (Å²) >= 11 is 0. The molecule has 0 radical (unpaired) electrons. The predicted molar refractivity (Wildman–Crippen MR) is 115 cm³/mol.